The Bertz CT molecular complexity index is 1510. The van der Waals surface area contributed by atoms with Gasteiger partial charge in [-0.15, -0.1) is 0 Å². The zero-order valence-corrected chi connectivity index (χ0v) is 18.5. The molecule has 6 rings (SSSR count). The van der Waals surface area contributed by atoms with E-state index in [9.17, 15) is 4.39 Å². The molecule has 0 aliphatic heterocycles. The van der Waals surface area contributed by atoms with Gasteiger partial charge in [-0.3, -0.25) is 4.98 Å². The number of pyridine rings is 1. The topological polar surface area (TPSA) is 48.1 Å². The number of nitrogens with two attached hydrogens (primary N) is 1. The Morgan fingerprint density at radius 1 is 0.765 bits per heavy atom. The second kappa shape index (κ2) is 7.99. The summed E-state index contributed by atoms with van der Waals surface area (Å²) in [6.07, 6.45) is 1.88. The van der Waals surface area contributed by atoms with Crippen molar-refractivity contribution >= 4 is 16.6 Å². The Balaban J connectivity index is 1.52. The summed E-state index contributed by atoms with van der Waals surface area (Å²) >= 11 is 0. The first kappa shape index (κ1) is 20.4. The third-order valence-corrected chi connectivity index (χ3v) is 6.84. The number of fused-ring (bicyclic) bond motifs is 2. The van der Waals surface area contributed by atoms with E-state index in [1.165, 1.54) is 23.3 Å². The van der Waals surface area contributed by atoms with Crippen molar-refractivity contribution in [3.05, 3.63) is 131 Å². The van der Waals surface area contributed by atoms with Crippen LogP contribution in [0, 0.1) is 5.82 Å². The van der Waals surface area contributed by atoms with Crippen molar-refractivity contribution in [2.75, 3.05) is 5.73 Å². The lowest BCUT2D eigenvalue weighted by atomic mass is 9.72. The number of halogens is 1. The number of benzene rings is 4. The average Bonchev–Trinajstić information content (AvgIpc) is 3.26. The third-order valence-electron chi connectivity index (χ3n) is 6.84. The van der Waals surface area contributed by atoms with Gasteiger partial charge in [-0.25, -0.2) is 4.39 Å². The first-order valence-electron chi connectivity index (χ1n) is 11.4. The quantitative estimate of drug-likeness (QED) is 0.302. The van der Waals surface area contributed by atoms with Gasteiger partial charge in [0.05, 0.1) is 16.6 Å². The number of rotatable bonds is 4. The van der Waals surface area contributed by atoms with Crippen LogP contribution in [0.15, 0.2) is 103 Å². The van der Waals surface area contributed by atoms with E-state index >= 15 is 0 Å². The molecule has 1 aliphatic carbocycles. The zero-order chi connectivity index (χ0) is 23.1. The molecule has 0 unspecified atom stereocenters. The van der Waals surface area contributed by atoms with E-state index in [0.29, 0.717) is 11.5 Å². The van der Waals surface area contributed by atoms with Crippen LogP contribution in [-0.2, 0) is 11.8 Å². The highest BCUT2D eigenvalue weighted by Crippen LogP contribution is 2.50. The highest BCUT2D eigenvalue weighted by atomic mass is 19.1. The molecule has 34 heavy (non-hydrogen) atoms. The molecule has 166 valence electrons. The van der Waals surface area contributed by atoms with Crippen LogP contribution < -0.4 is 10.5 Å². The minimum Gasteiger partial charge on any atom is -0.457 e. The molecule has 3 nitrogen and oxygen atoms in total. The highest BCUT2D eigenvalue weighted by molar-refractivity contribution is 5.86. The van der Waals surface area contributed by atoms with Gasteiger partial charge in [-0.1, -0.05) is 48.5 Å². The van der Waals surface area contributed by atoms with E-state index in [2.05, 4.69) is 42.5 Å². The smallest absolute Gasteiger partial charge is 0.136 e. The third kappa shape index (κ3) is 3.22. The van der Waals surface area contributed by atoms with Crippen molar-refractivity contribution in [2.45, 2.75) is 18.3 Å². The molecule has 0 saturated heterocycles. The van der Waals surface area contributed by atoms with Gasteiger partial charge in [0.15, 0.2) is 0 Å². The van der Waals surface area contributed by atoms with Crippen LogP contribution in [0.4, 0.5) is 10.1 Å². The number of aromatic nitrogens is 1. The van der Waals surface area contributed by atoms with Crippen LogP contribution >= 0.6 is 0 Å². The molecule has 0 amide bonds. The second-order valence-electron chi connectivity index (χ2n) is 8.73. The van der Waals surface area contributed by atoms with Crippen molar-refractivity contribution in [3.8, 4) is 11.5 Å². The molecule has 1 heterocycles. The van der Waals surface area contributed by atoms with E-state index in [1.807, 2.05) is 36.4 Å². The lowest BCUT2D eigenvalue weighted by Crippen LogP contribution is -2.29. The van der Waals surface area contributed by atoms with Gasteiger partial charge < -0.3 is 10.5 Å². The summed E-state index contributed by atoms with van der Waals surface area (Å²) in [6.45, 7) is 0. The standard InChI is InChI=1S/C30H23FN2O/c31-21-12-14-22(15-13-21)34-28-11-5-10-27-23(28)16-17-29(33-27)30(25-8-3-4-9-26(25)32)19-18-20-6-1-2-7-24(20)30/h1-17H,18-19,32H2/t30-/m1/s1. The monoisotopic (exact) mass is 446 g/mol. The Morgan fingerprint density at radius 3 is 2.35 bits per heavy atom. The second-order valence-corrected chi connectivity index (χ2v) is 8.73. The van der Waals surface area contributed by atoms with Gasteiger partial charge in [0.2, 0.25) is 0 Å². The predicted molar refractivity (Wildman–Crippen MR) is 134 cm³/mol. The lowest BCUT2D eigenvalue weighted by molar-refractivity contribution is 0.486. The van der Waals surface area contributed by atoms with Gasteiger partial charge in [0.25, 0.3) is 0 Å². The molecule has 2 N–H and O–H groups in total. The van der Waals surface area contributed by atoms with Crippen molar-refractivity contribution in [1.82, 2.24) is 4.98 Å². The van der Waals surface area contributed by atoms with Crippen molar-refractivity contribution in [3.63, 3.8) is 0 Å². The molecule has 1 aliphatic rings. The summed E-state index contributed by atoms with van der Waals surface area (Å²) in [5.41, 5.74) is 12.4. The van der Waals surface area contributed by atoms with Gasteiger partial charge in [-0.2, -0.15) is 0 Å². The average molecular weight is 447 g/mol. The first-order valence-corrected chi connectivity index (χ1v) is 11.4. The molecule has 1 aromatic heterocycles. The minimum absolute atomic E-state index is 0.293. The van der Waals surface area contributed by atoms with Crippen LogP contribution in [0.1, 0.15) is 28.8 Å². The number of para-hydroxylation sites is 1. The zero-order valence-electron chi connectivity index (χ0n) is 18.5. The van der Waals surface area contributed by atoms with Crippen molar-refractivity contribution in [2.24, 2.45) is 0 Å². The number of anilines is 1. The molecule has 5 aromatic rings. The fourth-order valence-electron chi connectivity index (χ4n) is 5.26. The fraction of sp³-hybridized carbons (Fsp3) is 0.100. The molecule has 0 bridgehead atoms. The van der Waals surface area contributed by atoms with Gasteiger partial charge in [0.1, 0.15) is 17.3 Å². The summed E-state index contributed by atoms with van der Waals surface area (Å²) in [4.78, 5) is 5.17. The van der Waals surface area contributed by atoms with E-state index in [1.54, 1.807) is 12.1 Å². The summed E-state index contributed by atoms with van der Waals surface area (Å²) in [7, 11) is 0. The van der Waals surface area contributed by atoms with Crippen molar-refractivity contribution < 1.29 is 9.13 Å². The lowest BCUT2D eigenvalue weighted by Gasteiger charge is -2.32. The maximum atomic E-state index is 13.3. The number of nitrogens with zero attached hydrogens (tertiary/aromatic N) is 1. The predicted octanol–water partition coefficient (Wildman–Crippen LogP) is 7.03. The summed E-state index contributed by atoms with van der Waals surface area (Å²) < 4.78 is 19.4. The molecule has 0 fully saturated rings. The molecule has 4 aromatic carbocycles. The molecule has 1 atom stereocenters. The van der Waals surface area contributed by atoms with Crippen LogP contribution in [0.5, 0.6) is 11.5 Å². The van der Waals surface area contributed by atoms with E-state index in [-0.39, 0.29) is 5.82 Å². The number of nitrogen functional groups attached to an aromatic ring is 1. The number of hydrogen-bond acceptors (Lipinski definition) is 3. The molecular weight excluding hydrogens is 423 g/mol. The van der Waals surface area contributed by atoms with Gasteiger partial charge >= 0.3 is 0 Å². The minimum atomic E-state index is -0.413. The Morgan fingerprint density at radius 2 is 1.53 bits per heavy atom. The fourth-order valence-corrected chi connectivity index (χ4v) is 5.26. The van der Waals surface area contributed by atoms with E-state index < -0.39 is 5.41 Å². The van der Waals surface area contributed by atoms with E-state index in [4.69, 9.17) is 15.5 Å². The number of aryl methyl sites for hydroxylation is 1. The van der Waals surface area contributed by atoms with Crippen LogP contribution in [-0.4, -0.2) is 4.98 Å². The maximum absolute atomic E-state index is 13.3. The Hall–Kier alpha value is -4.18. The van der Waals surface area contributed by atoms with Gasteiger partial charge in [-0.05, 0) is 84.1 Å². The normalized spacial score (nSPS) is 17.0. The summed E-state index contributed by atoms with van der Waals surface area (Å²) in [5, 5.41) is 0.901. The molecule has 0 spiro atoms. The van der Waals surface area contributed by atoms with Gasteiger partial charge in [0, 0.05) is 11.1 Å². The summed E-state index contributed by atoms with van der Waals surface area (Å²) in [5.74, 6) is 0.971. The number of hydrogen-bond donors (Lipinski definition) is 1. The highest BCUT2D eigenvalue weighted by Gasteiger charge is 2.44. The Labute approximate surface area is 197 Å². The van der Waals surface area contributed by atoms with Crippen LogP contribution in [0.2, 0.25) is 0 Å². The largest absolute Gasteiger partial charge is 0.457 e. The van der Waals surface area contributed by atoms with Crippen LogP contribution in [0.3, 0.4) is 0 Å². The van der Waals surface area contributed by atoms with Crippen LogP contribution in [0.25, 0.3) is 10.9 Å². The van der Waals surface area contributed by atoms with Crippen molar-refractivity contribution in [1.29, 1.82) is 0 Å². The SMILES string of the molecule is Nc1ccccc1[C@@]1(c2ccc3c(Oc4ccc(F)cc4)cccc3n2)CCc2ccccc21. The molecule has 4 heteroatoms. The number of ether oxygens (including phenoxy) is 1. The maximum Gasteiger partial charge on any atom is 0.136 e. The first-order chi connectivity index (χ1) is 16.6. The molecule has 0 radical (unpaired) electrons. The van der Waals surface area contributed by atoms with E-state index in [0.717, 1.165) is 40.7 Å². The molecule has 0 saturated carbocycles. The Kier molecular flexibility index (Phi) is 4.80. The molecular formula is C30H23FN2O. The summed E-state index contributed by atoms with van der Waals surface area (Å²) in [6, 6.07) is 32.7.